The highest BCUT2D eigenvalue weighted by atomic mass is 35.5. The van der Waals surface area contributed by atoms with E-state index >= 15 is 0 Å². The molecule has 1 aromatic heterocycles. The predicted molar refractivity (Wildman–Crippen MR) is 89.4 cm³/mol. The number of oxazole rings is 1. The Balaban J connectivity index is 1.56. The zero-order valence-corrected chi connectivity index (χ0v) is 13.0. The number of hydrogen-bond acceptors (Lipinski definition) is 5. The third-order valence-corrected chi connectivity index (χ3v) is 3.58. The van der Waals surface area contributed by atoms with Gasteiger partial charge in [-0.05, 0) is 30.3 Å². The SMILES string of the molecule is O=Cc1ccc(OCCNc2nc3ccccc3o2)c(CCl)c1. The van der Waals surface area contributed by atoms with Gasteiger partial charge in [-0.3, -0.25) is 4.79 Å². The molecule has 0 aliphatic carbocycles. The number of alkyl halides is 1. The molecule has 0 unspecified atom stereocenters. The molecule has 3 rings (SSSR count). The Morgan fingerprint density at radius 3 is 2.91 bits per heavy atom. The minimum absolute atomic E-state index is 0.287. The van der Waals surface area contributed by atoms with Crippen molar-refractivity contribution in [2.45, 2.75) is 5.88 Å². The summed E-state index contributed by atoms with van der Waals surface area (Å²) in [5, 5.41) is 3.07. The third-order valence-electron chi connectivity index (χ3n) is 3.29. The van der Waals surface area contributed by atoms with Gasteiger partial charge in [0.05, 0.1) is 12.4 Å². The highest BCUT2D eigenvalue weighted by Gasteiger charge is 2.06. The van der Waals surface area contributed by atoms with Crippen LogP contribution in [-0.4, -0.2) is 24.4 Å². The van der Waals surface area contributed by atoms with Gasteiger partial charge in [-0.1, -0.05) is 12.1 Å². The van der Waals surface area contributed by atoms with Gasteiger partial charge in [0.25, 0.3) is 6.01 Å². The van der Waals surface area contributed by atoms with E-state index in [1.807, 2.05) is 24.3 Å². The number of ether oxygens (including phenoxy) is 1. The van der Waals surface area contributed by atoms with Crippen LogP contribution in [0.25, 0.3) is 11.1 Å². The number of nitrogens with zero attached hydrogens (tertiary/aromatic N) is 1. The van der Waals surface area contributed by atoms with Crippen molar-refractivity contribution in [2.24, 2.45) is 0 Å². The van der Waals surface area contributed by atoms with Gasteiger partial charge in [0.2, 0.25) is 0 Å². The lowest BCUT2D eigenvalue weighted by Gasteiger charge is -2.10. The molecular weight excluding hydrogens is 316 g/mol. The van der Waals surface area contributed by atoms with E-state index in [-0.39, 0.29) is 5.88 Å². The molecule has 3 aromatic rings. The van der Waals surface area contributed by atoms with E-state index in [2.05, 4.69) is 10.3 Å². The van der Waals surface area contributed by atoms with E-state index in [0.29, 0.717) is 30.5 Å². The number of fused-ring (bicyclic) bond motifs is 1. The van der Waals surface area contributed by atoms with Crippen molar-refractivity contribution in [3.05, 3.63) is 53.6 Å². The summed E-state index contributed by atoms with van der Waals surface area (Å²) in [5.74, 6) is 0.959. The van der Waals surface area contributed by atoms with Crippen molar-refractivity contribution in [1.29, 1.82) is 0 Å². The van der Waals surface area contributed by atoms with Crippen LogP contribution in [0.3, 0.4) is 0 Å². The second kappa shape index (κ2) is 7.15. The van der Waals surface area contributed by atoms with Crippen molar-refractivity contribution in [2.75, 3.05) is 18.5 Å². The van der Waals surface area contributed by atoms with E-state index in [9.17, 15) is 4.79 Å². The third kappa shape index (κ3) is 3.63. The maximum Gasteiger partial charge on any atom is 0.295 e. The number of benzene rings is 2. The Morgan fingerprint density at radius 2 is 2.13 bits per heavy atom. The molecule has 0 amide bonds. The Labute approximate surface area is 138 Å². The first kappa shape index (κ1) is 15.4. The van der Waals surface area contributed by atoms with Crippen LogP contribution in [-0.2, 0) is 5.88 Å². The van der Waals surface area contributed by atoms with E-state index in [0.717, 1.165) is 22.9 Å². The number of aromatic nitrogens is 1. The summed E-state index contributed by atoms with van der Waals surface area (Å²) in [5.41, 5.74) is 2.92. The topological polar surface area (TPSA) is 64.4 Å². The van der Waals surface area contributed by atoms with Gasteiger partial charge in [-0.15, -0.1) is 11.6 Å². The predicted octanol–water partition coefficient (Wildman–Crippen LogP) is 3.87. The van der Waals surface area contributed by atoms with Crippen LogP contribution in [0, 0.1) is 0 Å². The first-order chi connectivity index (χ1) is 11.3. The molecule has 0 atom stereocenters. The van der Waals surface area contributed by atoms with Gasteiger partial charge >= 0.3 is 0 Å². The Morgan fingerprint density at radius 1 is 1.26 bits per heavy atom. The molecule has 0 aliphatic rings. The fourth-order valence-corrected chi connectivity index (χ4v) is 2.39. The summed E-state index contributed by atoms with van der Waals surface area (Å²) in [6.07, 6.45) is 0.786. The number of nitrogens with one attached hydrogen (secondary N) is 1. The first-order valence-corrected chi connectivity index (χ1v) is 7.70. The number of rotatable bonds is 7. The number of carbonyl (C=O) groups excluding carboxylic acids is 1. The Hall–Kier alpha value is -2.53. The maximum atomic E-state index is 10.8. The molecular formula is C17H15ClN2O3. The van der Waals surface area contributed by atoms with E-state index in [4.69, 9.17) is 20.8 Å². The Kier molecular flexibility index (Phi) is 4.78. The smallest absolute Gasteiger partial charge is 0.295 e. The minimum atomic E-state index is 0.287. The number of hydrogen-bond donors (Lipinski definition) is 1. The fourth-order valence-electron chi connectivity index (χ4n) is 2.18. The molecule has 0 radical (unpaired) electrons. The second-order valence-electron chi connectivity index (χ2n) is 4.88. The van der Waals surface area contributed by atoms with Crippen LogP contribution in [0.15, 0.2) is 46.9 Å². The largest absolute Gasteiger partial charge is 0.491 e. The standard InChI is InChI=1S/C17H15ClN2O3/c18-10-13-9-12(11-21)5-6-15(13)22-8-7-19-17-20-14-3-1-2-4-16(14)23-17/h1-6,9,11H,7-8,10H2,(H,19,20). The summed E-state index contributed by atoms with van der Waals surface area (Å²) in [6.45, 7) is 0.951. The van der Waals surface area contributed by atoms with Crippen LogP contribution in [0.5, 0.6) is 5.75 Å². The van der Waals surface area contributed by atoms with Gasteiger partial charge in [0.15, 0.2) is 5.58 Å². The average molecular weight is 331 g/mol. The molecule has 0 aliphatic heterocycles. The quantitative estimate of drug-likeness (QED) is 0.405. The van der Waals surface area contributed by atoms with Crippen LogP contribution >= 0.6 is 11.6 Å². The van der Waals surface area contributed by atoms with Gasteiger partial charge in [-0.25, -0.2) is 0 Å². The minimum Gasteiger partial charge on any atom is -0.491 e. The van der Waals surface area contributed by atoms with E-state index < -0.39 is 0 Å². The van der Waals surface area contributed by atoms with Crippen molar-refractivity contribution in [1.82, 2.24) is 4.98 Å². The normalized spacial score (nSPS) is 10.7. The van der Waals surface area contributed by atoms with Gasteiger partial charge < -0.3 is 14.5 Å². The van der Waals surface area contributed by atoms with Crippen molar-refractivity contribution < 1.29 is 13.9 Å². The van der Waals surface area contributed by atoms with E-state index in [1.165, 1.54) is 0 Å². The number of anilines is 1. The van der Waals surface area contributed by atoms with Gasteiger partial charge in [0, 0.05) is 11.1 Å². The first-order valence-electron chi connectivity index (χ1n) is 7.16. The molecule has 23 heavy (non-hydrogen) atoms. The fraction of sp³-hybridized carbons (Fsp3) is 0.176. The summed E-state index contributed by atoms with van der Waals surface area (Å²) in [7, 11) is 0. The van der Waals surface area contributed by atoms with Crippen molar-refractivity contribution >= 4 is 35.0 Å². The molecule has 1 N–H and O–H groups in total. The summed E-state index contributed by atoms with van der Waals surface area (Å²) < 4.78 is 11.2. The monoisotopic (exact) mass is 330 g/mol. The molecule has 0 fully saturated rings. The molecule has 2 aromatic carbocycles. The molecule has 0 spiro atoms. The zero-order valence-electron chi connectivity index (χ0n) is 12.3. The van der Waals surface area contributed by atoms with Crippen LogP contribution < -0.4 is 10.1 Å². The summed E-state index contributed by atoms with van der Waals surface area (Å²) >= 11 is 5.88. The zero-order chi connectivity index (χ0) is 16.1. The highest BCUT2D eigenvalue weighted by Crippen LogP contribution is 2.22. The van der Waals surface area contributed by atoms with Crippen LogP contribution in [0.2, 0.25) is 0 Å². The molecule has 0 saturated carbocycles. The second-order valence-corrected chi connectivity index (χ2v) is 5.15. The number of carbonyl (C=O) groups is 1. The Bertz CT molecular complexity index is 783. The summed E-state index contributed by atoms with van der Waals surface area (Å²) in [6, 6.07) is 13.2. The molecule has 6 heteroatoms. The number of halogens is 1. The molecule has 0 bridgehead atoms. The number of aldehydes is 1. The van der Waals surface area contributed by atoms with Gasteiger partial charge in [0.1, 0.15) is 24.2 Å². The molecule has 118 valence electrons. The maximum absolute atomic E-state index is 10.8. The lowest BCUT2D eigenvalue weighted by atomic mass is 10.1. The lowest BCUT2D eigenvalue weighted by Crippen LogP contribution is -2.12. The van der Waals surface area contributed by atoms with Gasteiger partial charge in [-0.2, -0.15) is 4.98 Å². The molecule has 1 heterocycles. The van der Waals surface area contributed by atoms with Crippen molar-refractivity contribution in [3.63, 3.8) is 0 Å². The van der Waals surface area contributed by atoms with Crippen LogP contribution in [0.1, 0.15) is 15.9 Å². The van der Waals surface area contributed by atoms with Crippen LogP contribution in [0.4, 0.5) is 6.01 Å². The summed E-state index contributed by atoms with van der Waals surface area (Å²) in [4.78, 5) is 15.1. The highest BCUT2D eigenvalue weighted by molar-refractivity contribution is 6.17. The lowest BCUT2D eigenvalue weighted by molar-refractivity contribution is 0.112. The molecule has 0 saturated heterocycles. The van der Waals surface area contributed by atoms with E-state index in [1.54, 1.807) is 18.2 Å². The number of para-hydroxylation sites is 2. The molecule has 5 nitrogen and oxygen atoms in total. The van der Waals surface area contributed by atoms with Crippen molar-refractivity contribution in [3.8, 4) is 5.75 Å². The average Bonchev–Trinajstić information content (AvgIpc) is 3.01.